The van der Waals surface area contributed by atoms with Gasteiger partial charge in [-0.2, -0.15) is 4.31 Å². The minimum atomic E-state index is -3.47. The molecule has 1 heterocycles. The fraction of sp³-hybridized carbons (Fsp3) is 0.409. The third-order valence-electron chi connectivity index (χ3n) is 4.90. The van der Waals surface area contributed by atoms with Gasteiger partial charge in [0.05, 0.1) is 11.5 Å². The van der Waals surface area contributed by atoms with E-state index in [1.54, 1.807) is 28.6 Å². The number of nitrogens with one attached hydrogen (secondary N) is 1. The number of benzene rings is 2. The first-order valence-electron chi connectivity index (χ1n) is 10.1. The van der Waals surface area contributed by atoms with Gasteiger partial charge in [-0.25, -0.2) is 8.42 Å². The summed E-state index contributed by atoms with van der Waals surface area (Å²) in [5, 5.41) is 2.81. The van der Waals surface area contributed by atoms with Gasteiger partial charge in [-0.3, -0.25) is 4.79 Å². The lowest BCUT2D eigenvalue weighted by atomic mass is 10.2. The summed E-state index contributed by atoms with van der Waals surface area (Å²) in [6, 6.07) is 15.9. The first-order valence-corrected chi connectivity index (χ1v) is 11.6. The third kappa shape index (κ3) is 6.30. The van der Waals surface area contributed by atoms with Crippen LogP contribution in [0.25, 0.3) is 0 Å². The number of para-hydroxylation sites is 1. The van der Waals surface area contributed by atoms with Gasteiger partial charge in [0.15, 0.2) is 0 Å². The summed E-state index contributed by atoms with van der Waals surface area (Å²) in [6.45, 7) is 1.61. The largest absolute Gasteiger partial charge is 0.494 e. The fourth-order valence-corrected chi connectivity index (χ4v) is 4.82. The maximum absolute atomic E-state index is 12.8. The summed E-state index contributed by atoms with van der Waals surface area (Å²) in [4.78, 5) is 12.4. The number of amides is 1. The lowest BCUT2D eigenvalue weighted by Gasteiger charge is -2.20. The van der Waals surface area contributed by atoms with E-state index in [2.05, 4.69) is 5.32 Å². The van der Waals surface area contributed by atoms with Gasteiger partial charge in [-0.1, -0.05) is 31.0 Å². The van der Waals surface area contributed by atoms with Crippen LogP contribution in [-0.4, -0.2) is 38.3 Å². The molecule has 0 bridgehead atoms. The lowest BCUT2D eigenvalue weighted by Crippen LogP contribution is -2.31. The van der Waals surface area contributed by atoms with Crippen LogP contribution in [0.4, 0.5) is 5.69 Å². The minimum absolute atomic E-state index is 0.121. The first-order chi connectivity index (χ1) is 14.1. The van der Waals surface area contributed by atoms with Gasteiger partial charge >= 0.3 is 0 Å². The van der Waals surface area contributed by atoms with Crippen molar-refractivity contribution in [3.63, 3.8) is 0 Å². The van der Waals surface area contributed by atoms with E-state index >= 15 is 0 Å². The number of sulfonamides is 1. The number of carbonyl (C=O) groups is 1. The zero-order valence-electron chi connectivity index (χ0n) is 16.5. The quantitative estimate of drug-likeness (QED) is 0.659. The maximum Gasteiger partial charge on any atom is 0.243 e. The molecule has 0 aromatic heterocycles. The van der Waals surface area contributed by atoms with Gasteiger partial charge in [0.2, 0.25) is 15.9 Å². The van der Waals surface area contributed by atoms with Crippen LogP contribution in [0, 0.1) is 0 Å². The predicted molar refractivity (Wildman–Crippen MR) is 113 cm³/mol. The Balaban J connectivity index is 1.47. The topological polar surface area (TPSA) is 75.7 Å². The Hall–Kier alpha value is -2.38. The molecule has 7 heteroatoms. The van der Waals surface area contributed by atoms with Crippen LogP contribution >= 0.6 is 0 Å². The summed E-state index contributed by atoms with van der Waals surface area (Å²) in [6.07, 6.45) is 4.90. The molecule has 1 saturated heterocycles. The molecular formula is C22H28N2O4S. The Kier molecular flexibility index (Phi) is 7.66. The predicted octanol–water partition coefficient (Wildman–Crippen LogP) is 4.05. The molecule has 0 unspecified atom stereocenters. The fourth-order valence-electron chi connectivity index (χ4n) is 3.30. The van der Waals surface area contributed by atoms with Crippen LogP contribution in [0.3, 0.4) is 0 Å². The van der Waals surface area contributed by atoms with Crippen LogP contribution in [0.2, 0.25) is 0 Å². The molecule has 2 aromatic carbocycles. The Labute approximate surface area is 172 Å². The summed E-state index contributed by atoms with van der Waals surface area (Å²) in [5.41, 5.74) is 0.591. The van der Waals surface area contributed by atoms with Gasteiger partial charge in [-0.05, 0) is 55.7 Å². The molecule has 0 saturated carbocycles. The summed E-state index contributed by atoms with van der Waals surface area (Å²) >= 11 is 0. The van der Waals surface area contributed by atoms with Crippen molar-refractivity contribution in [2.45, 2.75) is 43.4 Å². The second-order valence-corrected chi connectivity index (χ2v) is 9.09. The van der Waals surface area contributed by atoms with E-state index in [-0.39, 0.29) is 10.8 Å². The van der Waals surface area contributed by atoms with Crippen molar-refractivity contribution in [3.05, 3.63) is 54.6 Å². The molecule has 2 aromatic rings. The average Bonchev–Trinajstić information content (AvgIpc) is 3.03. The van der Waals surface area contributed by atoms with Crippen molar-refractivity contribution in [2.75, 3.05) is 25.0 Å². The summed E-state index contributed by atoms with van der Waals surface area (Å²) in [5.74, 6) is 0.666. The SMILES string of the molecule is O=C(CCCOc1ccccc1)Nc1ccc(S(=O)(=O)N2CCCCCC2)cc1. The van der Waals surface area contributed by atoms with Gasteiger partial charge in [0.25, 0.3) is 0 Å². The van der Waals surface area contributed by atoms with E-state index in [0.717, 1.165) is 31.4 Å². The molecule has 3 rings (SSSR count). The Morgan fingerprint density at radius 3 is 2.24 bits per heavy atom. The lowest BCUT2D eigenvalue weighted by molar-refractivity contribution is -0.116. The maximum atomic E-state index is 12.8. The highest BCUT2D eigenvalue weighted by Gasteiger charge is 2.24. The molecule has 1 aliphatic heterocycles. The van der Waals surface area contributed by atoms with E-state index < -0.39 is 10.0 Å². The van der Waals surface area contributed by atoms with E-state index in [1.165, 1.54) is 0 Å². The van der Waals surface area contributed by atoms with Crippen LogP contribution in [0.1, 0.15) is 38.5 Å². The molecular weight excluding hydrogens is 388 g/mol. The highest BCUT2D eigenvalue weighted by Crippen LogP contribution is 2.22. The van der Waals surface area contributed by atoms with E-state index in [4.69, 9.17) is 4.74 Å². The molecule has 0 atom stereocenters. The Morgan fingerprint density at radius 1 is 0.931 bits per heavy atom. The second-order valence-electron chi connectivity index (χ2n) is 7.16. The van der Waals surface area contributed by atoms with Gasteiger partial charge in [0, 0.05) is 25.2 Å². The molecule has 1 aliphatic rings. The number of ether oxygens (including phenoxy) is 1. The molecule has 156 valence electrons. The molecule has 6 nitrogen and oxygen atoms in total. The highest BCUT2D eigenvalue weighted by molar-refractivity contribution is 7.89. The Bertz CT molecular complexity index is 875. The van der Waals surface area contributed by atoms with E-state index in [9.17, 15) is 13.2 Å². The molecule has 1 fully saturated rings. The van der Waals surface area contributed by atoms with Crippen LogP contribution < -0.4 is 10.1 Å². The number of hydrogen-bond donors (Lipinski definition) is 1. The first kappa shape index (κ1) is 21.3. The van der Waals surface area contributed by atoms with E-state index in [0.29, 0.717) is 38.2 Å². The van der Waals surface area contributed by atoms with Crippen molar-refractivity contribution < 1.29 is 17.9 Å². The second kappa shape index (κ2) is 10.4. The van der Waals surface area contributed by atoms with Gasteiger partial charge < -0.3 is 10.1 Å². The molecule has 1 N–H and O–H groups in total. The van der Waals surface area contributed by atoms with Crippen molar-refractivity contribution in [2.24, 2.45) is 0 Å². The summed E-state index contributed by atoms with van der Waals surface area (Å²) in [7, 11) is -3.47. The smallest absolute Gasteiger partial charge is 0.243 e. The molecule has 1 amide bonds. The number of anilines is 1. The van der Waals surface area contributed by atoms with Crippen molar-refractivity contribution in [3.8, 4) is 5.75 Å². The number of hydrogen-bond acceptors (Lipinski definition) is 4. The van der Waals surface area contributed by atoms with Crippen molar-refractivity contribution in [1.29, 1.82) is 0 Å². The standard InChI is InChI=1S/C22H28N2O4S/c25-22(11-8-18-28-20-9-4-3-5-10-20)23-19-12-14-21(15-13-19)29(26,27)24-16-6-1-2-7-17-24/h3-5,9-10,12-15H,1-2,6-8,11,16-18H2,(H,23,25). The summed E-state index contributed by atoms with van der Waals surface area (Å²) < 4.78 is 32.7. The van der Waals surface area contributed by atoms with Crippen LogP contribution in [0.5, 0.6) is 5.75 Å². The molecule has 0 aliphatic carbocycles. The van der Waals surface area contributed by atoms with E-state index in [1.807, 2.05) is 30.3 Å². The zero-order valence-corrected chi connectivity index (χ0v) is 17.4. The monoisotopic (exact) mass is 416 g/mol. The van der Waals surface area contributed by atoms with Crippen LogP contribution in [0.15, 0.2) is 59.5 Å². The third-order valence-corrected chi connectivity index (χ3v) is 6.81. The molecule has 29 heavy (non-hydrogen) atoms. The van der Waals surface area contributed by atoms with Gasteiger partial charge in [-0.15, -0.1) is 0 Å². The number of carbonyl (C=O) groups excluding carboxylic acids is 1. The van der Waals surface area contributed by atoms with Crippen molar-refractivity contribution in [1.82, 2.24) is 4.31 Å². The number of rotatable bonds is 8. The minimum Gasteiger partial charge on any atom is -0.494 e. The molecule has 0 radical (unpaired) electrons. The normalized spacial score (nSPS) is 15.4. The van der Waals surface area contributed by atoms with Crippen molar-refractivity contribution >= 4 is 21.6 Å². The van der Waals surface area contributed by atoms with Crippen LogP contribution in [-0.2, 0) is 14.8 Å². The van der Waals surface area contributed by atoms with Gasteiger partial charge in [0.1, 0.15) is 5.75 Å². The number of nitrogens with zero attached hydrogens (tertiary/aromatic N) is 1. The average molecular weight is 417 g/mol. The highest BCUT2D eigenvalue weighted by atomic mass is 32.2. The Morgan fingerprint density at radius 2 is 1.59 bits per heavy atom. The zero-order chi connectivity index (χ0) is 20.5. The molecule has 0 spiro atoms.